The number of nitrogens with two attached hydrogens (primary N) is 2. The third-order valence-electron chi connectivity index (χ3n) is 2.87. The van der Waals surface area contributed by atoms with Crippen LogP contribution in [-0.4, -0.2) is 11.8 Å². The first kappa shape index (κ1) is 13.5. The van der Waals surface area contributed by atoms with Gasteiger partial charge in [-0.2, -0.15) is 0 Å². The van der Waals surface area contributed by atoms with E-state index < -0.39 is 11.8 Å². The van der Waals surface area contributed by atoms with Gasteiger partial charge in [0.2, 0.25) is 11.8 Å². The number of amides is 2. The van der Waals surface area contributed by atoms with Crippen LogP contribution in [0.25, 0.3) is 11.1 Å². The number of benzene rings is 2. The van der Waals surface area contributed by atoms with Gasteiger partial charge >= 0.3 is 0 Å². The average molecular weight is 266 g/mol. The molecule has 4 nitrogen and oxygen atoms in total. The van der Waals surface area contributed by atoms with Crippen LogP contribution in [0.1, 0.15) is 11.1 Å². The van der Waals surface area contributed by atoms with Gasteiger partial charge in [0, 0.05) is 0 Å². The summed E-state index contributed by atoms with van der Waals surface area (Å²) < 4.78 is 0. The fourth-order valence-corrected chi connectivity index (χ4v) is 2.03. The van der Waals surface area contributed by atoms with Crippen LogP contribution in [0.2, 0.25) is 0 Å². The Bertz CT molecular complexity index is 602. The number of rotatable bonds is 4. The Hall–Kier alpha value is -2.88. The summed E-state index contributed by atoms with van der Waals surface area (Å²) in [6.45, 7) is 0. The SMILES string of the molecule is NC(=O)C(=C(C(N)=O)c1ccccc1)c1ccccc1. The van der Waals surface area contributed by atoms with Crippen LogP contribution in [0.15, 0.2) is 60.7 Å². The summed E-state index contributed by atoms with van der Waals surface area (Å²) in [6.07, 6.45) is 0. The maximum atomic E-state index is 11.8. The molecule has 0 atom stereocenters. The van der Waals surface area contributed by atoms with Crippen molar-refractivity contribution >= 4 is 23.0 Å². The second-order valence-electron chi connectivity index (χ2n) is 4.21. The van der Waals surface area contributed by atoms with Gasteiger partial charge in [-0.15, -0.1) is 0 Å². The lowest BCUT2D eigenvalue weighted by Gasteiger charge is -2.11. The zero-order chi connectivity index (χ0) is 14.5. The average Bonchev–Trinajstić information content (AvgIpc) is 2.45. The van der Waals surface area contributed by atoms with E-state index in [4.69, 9.17) is 11.5 Å². The maximum Gasteiger partial charge on any atom is 0.250 e. The predicted molar refractivity (Wildman–Crippen MR) is 78.1 cm³/mol. The minimum absolute atomic E-state index is 0.129. The molecule has 20 heavy (non-hydrogen) atoms. The quantitative estimate of drug-likeness (QED) is 0.650. The molecule has 0 saturated heterocycles. The Kier molecular flexibility index (Phi) is 3.96. The largest absolute Gasteiger partial charge is 0.366 e. The van der Waals surface area contributed by atoms with Crippen molar-refractivity contribution in [2.75, 3.05) is 0 Å². The first-order valence-corrected chi connectivity index (χ1v) is 6.06. The standard InChI is InChI=1S/C16H14N2O2/c17-15(19)13(11-7-3-1-4-8-11)14(16(18)20)12-9-5-2-6-10-12/h1-10H,(H2,17,19)(H2,18,20). The molecule has 2 aromatic carbocycles. The summed E-state index contributed by atoms with van der Waals surface area (Å²) in [7, 11) is 0. The summed E-state index contributed by atoms with van der Waals surface area (Å²) in [5.41, 5.74) is 12.3. The van der Waals surface area contributed by atoms with Crippen LogP contribution in [-0.2, 0) is 9.59 Å². The highest BCUT2D eigenvalue weighted by atomic mass is 16.2. The highest BCUT2D eigenvalue weighted by Gasteiger charge is 2.20. The molecule has 0 heterocycles. The molecular weight excluding hydrogens is 252 g/mol. The fraction of sp³-hybridized carbons (Fsp3) is 0. The minimum atomic E-state index is -0.686. The van der Waals surface area contributed by atoms with Crippen molar-refractivity contribution in [3.63, 3.8) is 0 Å². The van der Waals surface area contributed by atoms with Crippen LogP contribution in [0.4, 0.5) is 0 Å². The van der Waals surface area contributed by atoms with E-state index in [1.807, 2.05) is 12.1 Å². The van der Waals surface area contributed by atoms with Crippen molar-refractivity contribution in [1.29, 1.82) is 0 Å². The van der Waals surface area contributed by atoms with Gasteiger partial charge in [-0.1, -0.05) is 60.7 Å². The van der Waals surface area contributed by atoms with Crippen molar-refractivity contribution in [3.05, 3.63) is 71.8 Å². The molecule has 0 spiro atoms. The summed E-state index contributed by atoms with van der Waals surface area (Å²) in [5, 5.41) is 0. The van der Waals surface area contributed by atoms with E-state index in [0.29, 0.717) is 11.1 Å². The van der Waals surface area contributed by atoms with Crippen molar-refractivity contribution in [3.8, 4) is 0 Å². The first-order chi connectivity index (χ1) is 9.61. The molecule has 2 amide bonds. The molecule has 0 saturated carbocycles. The highest BCUT2D eigenvalue weighted by Crippen LogP contribution is 2.26. The molecule has 4 heteroatoms. The lowest BCUT2D eigenvalue weighted by atomic mass is 9.93. The predicted octanol–water partition coefficient (Wildman–Crippen LogP) is 1.57. The molecule has 100 valence electrons. The molecule has 2 rings (SSSR count). The van der Waals surface area contributed by atoms with Gasteiger partial charge in [-0.25, -0.2) is 0 Å². The summed E-state index contributed by atoms with van der Waals surface area (Å²) >= 11 is 0. The van der Waals surface area contributed by atoms with E-state index >= 15 is 0 Å². The second kappa shape index (κ2) is 5.84. The molecule has 0 aromatic heterocycles. The van der Waals surface area contributed by atoms with E-state index in [9.17, 15) is 9.59 Å². The van der Waals surface area contributed by atoms with E-state index in [0.717, 1.165) is 0 Å². The van der Waals surface area contributed by atoms with Gasteiger partial charge in [0.1, 0.15) is 0 Å². The first-order valence-electron chi connectivity index (χ1n) is 6.06. The third-order valence-corrected chi connectivity index (χ3v) is 2.87. The van der Waals surface area contributed by atoms with E-state index in [1.165, 1.54) is 0 Å². The van der Waals surface area contributed by atoms with Gasteiger partial charge in [0.05, 0.1) is 11.1 Å². The molecule has 0 aliphatic carbocycles. The normalized spacial score (nSPS) is 11.6. The molecule has 4 N–H and O–H groups in total. The van der Waals surface area contributed by atoms with Crippen LogP contribution in [0, 0.1) is 0 Å². The molecule has 0 fully saturated rings. The number of carbonyl (C=O) groups excluding carboxylic acids is 2. The van der Waals surface area contributed by atoms with Crippen LogP contribution in [0.5, 0.6) is 0 Å². The molecule has 0 radical (unpaired) electrons. The van der Waals surface area contributed by atoms with E-state index in [2.05, 4.69) is 0 Å². The van der Waals surface area contributed by atoms with E-state index in [-0.39, 0.29) is 11.1 Å². The number of hydrogen-bond acceptors (Lipinski definition) is 2. The third kappa shape index (κ3) is 2.75. The van der Waals surface area contributed by atoms with E-state index in [1.54, 1.807) is 48.5 Å². The van der Waals surface area contributed by atoms with Gasteiger partial charge in [-0.3, -0.25) is 9.59 Å². The van der Waals surface area contributed by atoms with Crippen molar-refractivity contribution in [2.24, 2.45) is 11.5 Å². The van der Waals surface area contributed by atoms with Gasteiger partial charge in [0.25, 0.3) is 0 Å². The second-order valence-corrected chi connectivity index (χ2v) is 4.21. The Morgan fingerprint density at radius 1 is 0.600 bits per heavy atom. The smallest absolute Gasteiger partial charge is 0.250 e. The molecule has 0 aliphatic heterocycles. The van der Waals surface area contributed by atoms with Gasteiger partial charge in [0.15, 0.2) is 0 Å². The summed E-state index contributed by atoms with van der Waals surface area (Å²) in [6, 6.07) is 17.5. The van der Waals surface area contributed by atoms with Gasteiger partial charge in [-0.05, 0) is 11.1 Å². The summed E-state index contributed by atoms with van der Waals surface area (Å²) in [5.74, 6) is -1.37. The Balaban J connectivity index is 2.74. The molecule has 0 aliphatic rings. The maximum absolute atomic E-state index is 11.8. The topological polar surface area (TPSA) is 86.2 Å². The Morgan fingerprint density at radius 2 is 0.900 bits per heavy atom. The number of hydrogen-bond donors (Lipinski definition) is 2. The minimum Gasteiger partial charge on any atom is -0.366 e. The van der Waals surface area contributed by atoms with Crippen LogP contribution < -0.4 is 11.5 Å². The number of carbonyl (C=O) groups is 2. The molecule has 0 unspecified atom stereocenters. The number of primary amides is 2. The highest BCUT2D eigenvalue weighted by molar-refractivity contribution is 6.39. The van der Waals surface area contributed by atoms with Crippen LogP contribution in [0.3, 0.4) is 0 Å². The van der Waals surface area contributed by atoms with Crippen LogP contribution >= 0.6 is 0 Å². The van der Waals surface area contributed by atoms with Crippen molar-refractivity contribution in [2.45, 2.75) is 0 Å². The molecular formula is C16H14N2O2. The lowest BCUT2D eigenvalue weighted by molar-refractivity contribution is -0.114. The zero-order valence-corrected chi connectivity index (χ0v) is 10.7. The Morgan fingerprint density at radius 3 is 1.15 bits per heavy atom. The summed E-state index contributed by atoms with van der Waals surface area (Å²) in [4.78, 5) is 23.6. The lowest BCUT2D eigenvalue weighted by Crippen LogP contribution is -2.21. The fourth-order valence-electron chi connectivity index (χ4n) is 2.03. The van der Waals surface area contributed by atoms with Crippen molar-refractivity contribution in [1.82, 2.24) is 0 Å². The Labute approximate surface area is 116 Å². The molecule has 0 bridgehead atoms. The molecule has 2 aromatic rings. The zero-order valence-electron chi connectivity index (χ0n) is 10.7. The van der Waals surface area contributed by atoms with Gasteiger partial charge < -0.3 is 11.5 Å². The monoisotopic (exact) mass is 266 g/mol. The van der Waals surface area contributed by atoms with Crippen molar-refractivity contribution < 1.29 is 9.59 Å².